The van der Waals surface area contributed by atoms with Gasteiger partial charge in [0, 0.05) is 4.88 Å². The Morgan fingerprint density at radius 1 is 1.35 bits per heavy atom. The molecule has 5 N–H and O–H groups in total. The van der Waals surface area contributed by atoms with E-state index in [9.17, 15) is 8.42 Å². The van der Waals surface area contributed by atoms with Crippen molar-refractivity contribution >= 4 is 32.7 Å². The molecule has 0 bridgehead atoms. The molecule has 1 heterocycles. The Labute approximate surface area is 122 Å². The SMILES string of the molecule is CCC(Nc1cc(S(N)(=O)=O)ccc1N)c1cccs1. The fourth-order valence-electron chi connectivity index (χ4n) is 1.89. The third-order valence-electron chi connectivity index (χ3n) is 2.98. The van der Waals surface area contributed by atoms with Crippen molar-refractivity contribution in [3.63, 3.8) is 0 Å². The molecule has 1 aromatic heterocycles. The number of hydrogen-bond acceptors (Lipinski definition) is 5. The highest BCUT2D eigenvalue weighted by Crippen LogP contribution is 2.30. The van der Waals surface area contributed by atoms with Crippen LogP contribution in [-0.4, -0.2) is 8.42 Å². The van der Waals surface area contributed by atoms with Gasteiger partial charge in [-0.05, 0) is 36.1 Å². The van der Waals surface area contributed by atoms with E-state index in [1.54, 1.807) is 17.4 Å². The average molecular weight is 311 g/mol. The third-order valence-corrected chi connectivity index (χ3v) is 4.87. The second kappa shape index (κ2) is 5.82. The normalized spacial score (nSPS) is 13.1. The van der Waals surface area contributed by atoms with E-state index in [-0.39, 0.29) is 10.9 Å². The highest BCUT2D eigenvalue weighted by atomic mass is 32.2. The van der Waals surface area contributed by atoms with Crippen LogP contribution in [0.2, 0.25) is 0 Å². The first kappa shape index (κ1) is 14.8. The Bertz CT molecular complexity index is 682. The molecule has 2 aromatic rings. The van der Waals surface area contributed by atoms with Crippen LogP contribution in [0.3, 0.4) is 0 Å². The average Bonchev–Trinajstić information content (AvgIpc) is 2.90. The van der Waals surface area contributed by atoms with E-state index in [1.807, 2.05) is 17.5 Å². The van der Waals surface area contributed by atoms with E-state index in [0.717, 1.165) is 6.42 Å². The van der Waals surface area contributed by atoms with Gasteiger partial charge in [-0.3, -0.25) is 0 Å². The largest absolute Gasteiger partial charge is 0.397 e. The van der Waals surface area contributed by atoms with Crippen LogP contribution in [0.15, 0.2) is 40.6 Å². The first-order chi connectivity index (χ1) is 9.41. The molecule has 0 aliphatic rings. The van der Waals surface area contributed by atoms with Crippen molar-refractivity contribution in [2.45, 2.75) is 24.3 Å². The fourth-order valence-corrected chi connectivity index (χ4v) is 3.29. The predicted molar refractivity (Wildman–Crippen MR) is 83.2 cm³/mol. The number of nitrogens with two attached hydrogens (primary N) is 2. The molecule has 0 aliphatic heterocycles. The molecule has 7 heteroatoms. The molecule has 1 unspecified atom stereocenters. The van der Waals surface area contributed by atoms with Gasteiger partial charge in [0.15, 0.2) is 0 Å². The van der Waals surface area contributed by atoms with Crippen LogP contribution in [0, 0.1) is 0 Å². The van der Waals surface area contributed by atoms with Crippen LogP contribution in [0.4, 0.5) is 11.4 Å². The van der Waals surface area contributed by atoms with E-state index >= 15 is 0 Å². The number of thiophene rings is 1. The zero-order valence-corrected chi connectivity index (χ0v) is 12.7. The van der Waals surface area contributed by atoms with Crippen LogP contribution >= 0.6 is 11.3 Å². The summed E-state index contributed by atoms with van der Waals surface area (Å²) in [7, 11) is -3.73. The van der Waals surface area contributed by atoms with E-state index in [1.165, 1.54) is 17.0 Å². The summed E-state index contributed by atoms with van der Waals surface area (Å²) in [6, 6.07) is 8.53. The number of primary sulfonamides is 1. The van der Waals surface area contributed by atoms with Crippen molar-refractivity contribution in [3.8, 4) is 0 Å². The van der Waals surface area contributed by atoms with Gasteiger partial charge >= 0.3 is 0 Å². The first-order valence-corrected chi connectivity index (χ1v) is 8.56. The smallest absolute Gasteiger partial charge is 0.238 e. The van der Waals surface area contributed by atoms with Gasteiger partial charge in [-0.2, -0.15) is 0 Å². The molecule has 0 saturated heterocycles. The number of nitrogen functional groups attached to an aromatic ring is 1. The quantitative estimate of drug-likeness (QED) is 0.739. The monoisotopic (exact) mass is 311 g/mol. The summed E-state index contributed by atoms with van der Waals surface area (Å²) in [4.78, 5) is 1.23. The second-order valence-electron chi connectivity index (χ2n) is 4.41. The summed E-state index contributed by atoms with van der Waals surface area (Å²) >= 11 is 1.64. The highest BCUT2D eigenvalue weighted by molar-refractivity contribution is 7.89. The Morgan fingerprint density at radius 3 is 2.65 bits per heavy atom. The number of rotatable bonds is 5. The molecule has 108 valence electrons. The highest BCUT2D eigenvalue weighted by Gasteiger charge is 2.14. The van der Waals surface area contributed by atoms with Gasteiger partial charge in [0.2, 0.25) is 10.0 Å². The summed E-state index contributed by atoms with van der Waals surface area (Å²) in [5.41, 5.74) is 6.97. The van der Waals surface area contributed by atoms with Crippen LogP contribution < -0.4 is 16.2 Å². The zero-order chi connectivity index (χ0) is 14.8. The Hall–Kier alpha value is -1.57. The minimum atomic E-state index is -3.73. The molecule has 20 heavy (non-hydrogen) atoms. The summed E-state index contributed by atoms with van der Waals surface area (Å²) in [5, 5.41) is 10.4. The molecule has 2 rings (SSSR count). The fraction of sp³-hybridized carbons (Fsp3) is 0.231. The molecule has 1 aromatic carbocycles. The lowest BCUT2D eigenvalue weighted by Crippen LogP contribution is -2.14. The zero-order valence-electron chi connectivity index (χ0n) is 11.0. The molecule has 1 atom stereocenters. The molecule has 0 aliphatic carbocycles. The Morgan fingerprint density at radius 2 is 2.10 bits per heavy atom. The van der Waals surface area contributed by atoms with E-state index in [2.05, 4.69) is 12.2 Å². The molecule has 5 nitrogen and oxygen atoms in total. The van der Waals surface area contributed by atoms with Crippen molar-refractivity contribution in [1.82, 2.24) is 0 Å². The van der Waals surface area contributed by atoms with Gasteiger partial charge < -0.3 is 11.1 Å². The van der Waals surface area contributed by atoms with Crippen molar-refractivity contribution < 1.29 is 8.42 Å². The topological polar surface area (TPSA) is 98.2 Å². The van der Waals surface area contributed by atoms with E-state index in [4.69, 9.17) is 10.9 Å². The van der Waals surface area contributed by atoms with Crippen molar-refractivity contribution in [3.05, 3.63) is 40.6 Å². The van der Waals surface area contributed by atoms with Crippen molar-refractivity contribution in [2.24, 2.45) is 5.14 Å². The lowest BCUT2D eigenvalue weighted by Gasteiger charge is -2.18. The summed E-state index contributed by atoms with van der Waals surface area (Å²) in [6.07, 6.45) is 0.861. The Balaban J connectivity index is 2.33. The minimum Gasteiger partial charge on any atom is -0.397 e. The maximum absolute atomic E-state index is 11.4. The second-order valence-corrected chi connectivity index (χ2v) is 6.96. The molecule has 0 saturated carbocycles. The standard InChI is InChI=1S/C13H17N3O2S2/c1-2-11(13-4-3-7-19-13)16-12-8-9(20(15,17)18)5-6-10(12)14/h3-8,11,16H,2,14H2,1H3,(H2,15,17,18). The molecular weight excluding hydrogens is 294 g/mol. The lowest BCUT2D eigenvalue weighted by atomic mass is 10.1. The molecule has 0 fully saturated rings. The molecule has 0 amide bonds. The van der Waals surface area contributed by atoms with Crippen LogP contribution in [0.25, 0.3) is 0 Å². The summed E-state index contributed by atoms with van der Waals surface area (Å²) in [5.74, 6) is 0. The van der Waals surface area contributed by atoms with Gasteiger partial charge in [0.05, 0.1) is 22.3 Å². The van der Waals surface area contributed by atoms with Gasteiger partial charge in [-0.1, -0.05) is 13.0 Å². The van der Waals surface area contributed by atoms with Crippen molar-refractivity contribution in [1.29, 1.82) is 0 Å². The lowest BCUT2D eigenvalue weighted by molar-refractivity contribution is 0.598. The van der Waals surface area contributed by atoms with Crippen LogP contribution in [-0.2, 0) is 10.0 Å². The minimum absolute atomic E-state index is 0.0511. The van der Waals surface area contributed by atoms with Crippen molar-refractivity contribution in [2.75, 3.05) is 11.1 Å². The number of hydrogen-bond donors (Lipinski definition) is 3. The summed E-state index contributed by atoms with van der Waals surface area (Å²) < 4.78 is 22.8. The number of sulfonamides is 1. The maximum atomic E-state index is 11.4. The third kappa shape index (κ3) is 3.30. The first-order valence-electron chi connectivity index (χ1n) is 6.14. The molecule has 0 spiro atoms. The van der Waals surface area contributed by atoms with Gasteiger partial charge in [-0.25, -0.2) is 13.6 Å². The predicted octanol–water partition coefficient (Wildman–Crippen LogP) is 2.54. The van der Waals surface area contributed by atoms with E-state index < -0.39 is 10.0 Å². The molecule has 0 radical (unpaired) electrons. The summed E-state index contributed by atoms with van der Waals surface area (Å²) in [6.45, 7) is 2.05. The van der Waals surface area contributed by atoms with E-state index in [0.29, 0.717) is 11.4 Å². The maximum Gasteiger partial charge on any atom is 0.238 e. The van der Waals surface area contributed by atoms with Gasteiger partial charge in [0.25, 0.3) is 0 Å². The van der Waals surface area contributed by atoms with Gasteiger partial charge in [0.1, 0.15) is 0 Å². The van der Waals surface area contributed by atoms with Crippen LogP contribution in [0.1, 0.15) is 24.3 Å². The number of benzene rings is 1. The Kier molecular flexibility index (Phi) is 4.32. The molecular formula is C13H17N3O2S2. The number of nitrogens with one attached hydrogen (secondary N) is 1. The van der Waals surface area contributed by atoms with Crippen LogP contribution in [0.5, 0.6) is 0 Å². The number of anilines is 2. The van der Waals surface area contributed by atoms with Gasteiger partial charge in [-0.15, -0.1) is 11.3 Å².